The molecule has 0 aliphatic carbocycles. The summed E-state index contributed by atoms with van der Waals surface area (Å²) in [6, 6.07) is 14.6. The maximum Gasteiger partial charge on any atom is 0.254 e. The van der Waals surface area contributed by atoms with Gasteiger partial charge in [-0.1, -0.05) is 18.2 Å². The van der Waals surface area contributed by atoms with Gasteiger partial charge >= 0.3 is 0 Å². The van der Waals surface area contributed by atoms with Crippen molar-refractivity contribution in [3.63, 3.8) is 0 Å². The predicted molar refractivity (Wildman–Crippen MR) is 116 cm³/mol. The maximum absolute atomic E-state index is 13.6. The van der Waals surface area contributed by atoms with Crippen molar-refractivity contribution in [2.24, 2.45) is 5.92 Å². The minimum Gasteiger partial charge on any atom is -0.335 e. The molecule has 5 nitrogen and oxygen atoms in total. The lowest BCUT2D eigenvalue weighted by molar-refractivity contribution is 0.0613. The molecule has 158 valence electrons. The van der Waals surface area contributed by atoms with Crippen LogP contribution in [0.4, 0.5) is 4.39 Å². The number of amides is 1. The van der Waals surface area contributed by atoms with Crippen LogP contribution in [-0.2, 0) is 6.54 Å². The molecule has 0 spiro atoms. The van der Waals surface area contributed by atoms with Gasteiger partial charge in [0.2, 0.25) is 0 Å². The van der Waals surface area contributed by atoms with Gasteiger partial charge in [-0.15, -0.1) is 0 Å². The topological polar surface area (TPSA) is 49.3 Å². The molecule has 2 aromatic heterocycles. The quantitative estimate of drug-likeness (QED) is 0.650. The average Bonchev–Trinajstić information content (AvgIpc) is 3.19. The van der Waals surface area contributed by atoms with Gasteiger partial charge in [0.15, 0.2) is 0 Å². The first-order chi connectivity index (χ1) is 15.2. The number of carbonyl (C=O) groups excluding carboxylic acids is 1. The third-order valence-electron chi connectivity index (χ3n) is 6.63. The van der Waals surface area contributed by atoms with Crippen LogP contribution >= 0.6 is 0 Å². The van der Waals surface area contributed by atoms with Crippen molar-refractivity contribution in [2.45, 2.75) is 24.9 Å². The zero-order valence-electron chi connectivity index (χ0n) is 17.3. The Morgan fingerprint density at radius 1 is 1.00 bits per heavy atom. The molecule has 4 heterocycles. The molecule has 2 aliphatic heterocycles. The summed E-state index contributed by atoms with van der Waals surface area (Å²) in [5, 5.41) is 0. The van der Waals surface area contributed by atoms with Crippen molar-refractivity contribution in [2.75, 3.05) is 19.6 Å². The van der Waals surface area contributed by atoms with Crippen molar-refractivity contribution in [1.29, 1.82) is 0 Å². The van der Waals surface area contributed by atoms with Gasteiger partial charge in [0.05, 0.1) is 0 Å². The Hall–Kier alpha value is -3.12. The highest BCUT2D eigenvalue weighted by Gasteiger charge is 2.47. The highest BCUT2D eigenvalue weighted by molar-refractivity contribution is 5.94. The molecule has 2 saturated heterocycles. The molecule has 3 atom stereocenters. The molecule has 31 heavy (non-hydrogen) atoms. The molecule has 0 radical (unpaired) electrons. The molecule has 0 bridgehead atoms. The van der Waals surface area contributed by atoms with E-state index in [1.54, 1.807) is 30.7 Å². The number of fused-ring (bicyclic) bond motifs is 1. The second kappa shape index (κ2) is 8.55. The van der Waals surface area contributed by atoms with Crippen LogP contribution in [0.5, 0.6) is 0 Å². The number of hydrogen-bond donors (Lipinski definition) is 0. The first kappa shape index (κ1) is 19.8. The van der Waals surface area contributed by atoms with Crippen LogP contribution in [0.1, 0.15) is 33.8 Å². The molecule has 2 fully saturated rings. The summed E-state index contributed by atoms with van der Waals surface area (Å²) in [6.07, 6.45) is 7.96. The fourth-order valence-corrected chi connectivity index (χ4v) is 5.15. The van der Waals surface area contributed by atoms with Crippen molar-refractivity contribution in [1.82, 2.24) is 19.8 Å². The molecule has 0 unspecified atom stereocenters. The summed E-state index contributed by atoms with van der Waals surface area (Å²) >= 11 is 0. The number of nitrogens with zero attached hydrogens (tertiary/aromatic N) is 4. The van der Waals surface area contributed by atoms with Gasteiger partial charge in [0, 0.05) is 74.4 Å². The van der Waals surface area contributed by atoms with Crippen molar-refractivity contribution < 1.29 is 9.18 Å². The summed E-state index contributed by atoms with van der Waals surface area (Å²) in [7, 11) is 0. The van der Waals surface area contributed by atoms with Crippen molar-refractivity contribution in [3.8, 4) is 0 Å². The molecular formula is C25H25FN4O. The predicted octanol–water partition coefficient (Wildman–Crippen LogP) is 3.75. The Morgan fingerprint density at radius 2 is 1.81 bits per heavy atom. The second-order valence-corrected chi connectivity index (χ2v) is 8.47. The fourth-order valence-electron chi connectivity index (χ4n) is 5.15. The highest BCUT2D eigenvalue weighted by Crippen LogP contribution is 2.42. The van der Waals surface area contributed by atoms with E-state index in [0.29, 0.717) is 18.0 Å². The van der Waals surface area contributed by atoms with E-state index in [1.807, 2.05) is 29.3 Å². The van der Waals surface area contributed by atoms with E-state index in [1.165, 1.54) is 17.7 Å². The van der Waals surface area contributed by atoms with Crippen LogP contribution in [0, 0.1) is 11.7 Å². The molecule has 5 rings (SSSR count). The first-order valence-corrected chi connectivity index (χ1v) is 10.8. The van der Waals surface area contributed by atoms with E-state index in [0.717, 1.165) is 31.6 Å². The lowest BCUT2D eigenvalue weighted by Crippen LogP contribution is -2.47. The third kappa shape index (κ3) is 4.08. The highest BCUT2D eigenvalue weighted by atomic mass is 19.1. The standard InChI is InChI=1S/C25H25FN4O/c26-21-5-3-19(4-6-21)22-17-30(25(31)20-7-11-27-12-8-20)24-9-13-29(16-23(22)24)15-18-2-1-10-28-14-18/h1-8,10-12,14,22-24H,9,13,15-17H2/t22-,23-,24-/m1/s1. The summed E-state index contributed by atoms with van der Waals surface area (Å²) in [5.74, 6) is 0.322. The van der Waals surface area contributed by atoms with Crippen molar-refractivity contribution in [3.05, 3.63) is 95.8 Å². The number of piperidine rings is 1. The SMILES string of the molecule is O=C(c1ccncc1)N1C[C@H](c2ccc(F)cc2)[C@H]2CN(Cc3cccnc3)CC[C@H]21. The number of benzene rings is 1. The number of carbonyl (C=O) groups is 1. The number of pyridine rings is 2. The summed E-state index contributed by atoms with van der Waals surface area (Å²) in [5.41, 5.74) is 2.97. The van der Waals surface area contributed by atoms with Crippen LogP contribution in [0.25, 0.3) is 0 Å². The summed E-state index contributed by atoms with van der Waals surface area (Å²) in [4.78, 5) is 26.1. The minimum absolute atomic E-state index is 0.0581. The Kier molecular flexibility index (Phi) is 5.47. The van der Waals surface area contributed by atoms with Crippen LogP contribution in [-0.4, -0.2) is 51.4 Å². The molecule has 3 aromatic rings. The van der Waals surface area contributed by atoms with E-state index in [2.05, 4.69) is 20.9 Å². The van der Waals surface area contributed by atoms with E-state index < -0.39 is 0 Å². The van der Waals surface area contributed by atoms with Gasteiger partial charge < -0.3 is 4.90 Å². The van der Waals surface area contributed by atoms with E-state index in [-0.39, 0.29) is 23.7 Å². The molecule has 2 aliphatic rings. The largest absolute Gasteiger partial charge is 0.335 e. The van der Waals surface area contributed by atoms with Gasteiger partial charge in [0.25, 0.3) is 5.91 Å². The van der Waals surface area contributed by atoms with E-state index in [9.17, 15) is 9.18 Å². The van der Waals surface area contributed by atoms with Gasteiger partial charge in [-0.2, -0.15) is 0 Å². The Balaban J connectivity index is 1.41. The minimum atomic E-state index is -0.232. The number of hydrogen-bond acceptors (Lipinski definition) is 4. The van der Waals surface area contributed by atoms with Crippen LogP contribution in [0.3, 0.4) is 0 Å². The van der Waals surface area contributed by atoms with E-state index >= 15 is 0 Å². The van der Waals surface area contributed by atoms with Crippen LogP contribution in [0.15, 0.2) is 73.3 Å². The average molecular weight is 417 g/mol. The second-order valence-electron chi connectivity index (χ2n) is 8.47. The number of aromatic nitrogens is 2. The zero-order valence-corrected chi connectivity index (χ0v) is 17.3. The van der Waals surface area contributed by atoms with E-state index in [4.69, 9.17) is 0 Å². The molecule has 0 N–H and O–H groups in total. The molecule has 6 heteroatoms. The maximum atomic E-state index is 13.6. The Bertz CT molecular complexity index is 1030. The van der Waals surface area contributed by atoms with Gasteiger partial charge in [-0.05, 0) is 47.9 Å². The lowest BCUT2D eigenvalue weighted by atomic mass is 9.81. The molecular weight excluding hydrogens is 391 g/mol. The normalized spacial score (nSPS) is 23.5. The Labute approximate surface area is 181 Å². The molecule has 1 aromatic carbocycles. The first-order valence-electron chi connectivity index (χ1n) is 10.8. The van der Waals surface area contributed by atoms with Crippen molar-refractivity contribution >= 4 is 5.91 Å². The number of rotatable bonds is 4. The van der Waals surface area contributed by atoms with Crippen LogP contribution in [0.2, 0.25) is 0 Å². The van der Waals surface area contributed by atoms with Gasteiger partial charge in [0.1, 0.15) is 5.82 Å². The fraction of sp³-hybridized carbons (Fsp3) is 0.320. The molecule has 0 saturated carbocycles. The summed E-state index contributed by atoms with van der Waals surface area (Å²) in [6.45, 7) is 3.35. The van der Waals surface area contributed by atoms with Crippen LogP contribution < -0.4 is 0 Å². The summed E-state index contributed by atoms with van der Waals surface area (Å²) < 4.78 is 13.6. The smallest absolute Gasteiger partial charge is 0.254 e. The monoisotopic (exact) mass is 416 g/mol. The zero-order chi connectivity index (χ0) is 21.2. The van der Waals surface area contributed by atoms with Gasteiger partial charge in [-0.25, -0.2) is 4.39 Å². The molecule has 1 amide bonds. The van der Waals surface area contributed by atoms with Gasteiger partial charge in [-0.3, -0.25) is 19.7 Å². The third-order valence-corrected chi connectivity index (χ3v) is 6.63. The number of halogens is 1. The number of likely N-dealkylation sites (tertiary alicyclic amines) is 2. The lowest BCUT2D eigenvalue weighted by Gasteiger charge is -2.39. The Morgan fingerprint density at radius 3 is 2.55 bits per heavy atom.